The van der Waals surface area contributed by atoms with Gasteiger partial charge >= 0.3 is 0 Å². The molecule has 1 aliphatic heterocycles. The normalized spacial score (nSPS) is 14.4. The average molecular weight is 492 g/mol. The number of aromatic nitrogens is 3. The summed E-state index contributed by atoms with van der Waals surface area (Å²) in [6.07, 6.45) is 5.27. The summed E-state index contributed by atoms with van der Waals surface area (Å²) >= 11 is 7.97. The van der Waals surface area contributed by atoms with Crippen LogP contribution in [0.4, 0.5) is 5.82 Å². The van der Waals surface area contributed by atoms with Gasteiger partial charge in [-0.05, 0) is 67.5 Å². The van der Waals surface area contributed by atoms with Crippen molar-refractivity contribution in [3.05, 3.63) is 76.4 Å². The minimum atomic E-state index is 0.612. The predicted molar refractivity (Wildman–Crippen MR) is 141 cm³/mol. The maximum Gasteiger partial charge on any atom is 0.157 e. The van der Waals surface area contributed by atoms with E-state index in [9.17, 15) is 0 Å². The molecule has 0 fully saturated rings. The number of anilines is 1. The lowest BCUT2D eigenvalue weighted by Crippen LogP contribution is -2.21. The highest BCUT2D eigenvalue weighted by atomic mass is 35.5. The summed E-state index contributed by atoms with van der Waals surface area (Å²) in [5.41, 5.74) is 6.11. The lowest BCUT2D eigenvalue weighted by atomic mass is 10.0. The van der Waals surface area contributed by atoms with Crippen LogP contribution in [0.15, 0.2) is 53.1 Å². The molecule has 0 spiro atoms. The summed E-state index contributed by atoms with van der Waals surface area (Å²) in [5, 5.41) is 9.35. The highest BCUT2D eigenvalue weighted by Gasteiger charge is 2.18. The number of fused-ring (bicyclic) bond motifs is 1. The topological polar surface area (TPSA) is 67.1 Å². The van der Waals surface area contributed by atoms with Crippen molar-refractivity contribution >= 4 is 45.8 Å². The third-order valence-corrected chi connectivity index (χ3v) is 7.17. The van der Waals surface area contributed by atoms with Gasteiger partial charge in [0.1, 0.15) is 11.6 Å². The summed E-state index contributed by atoms with van der Waals surface area (Å²) in [5.74, 6) is 2.39. The van der Waals surface area contributed by atoms with E-state index in [2.05, 4.69) is 51.4 Å². The second-order valence-electron chi connectivity index (χ2n) is 8.36. The molecule has 1 N–H and O–H groups in total. The number of nitrogens with zero attached hydrogens (tertiary/aromatic N) is 4. The van der Waals surface area contributed by atoms with Crippen LogP contribution < -0.4 is 5.32 Å². The number of nitrogens with one attached hydrogen (secondary N) is 1. The molecule has 0 bridgehead atoms. The summed E-state index contributed by atoms with van der Waals surface area (Å²) in [4.78, 5) is 9.93. The summed E-state index contributed by atoms with van der Waals surface area (Å²) in [6, 6.07) is 14.1. The van der Waals surface area contributed by atoms with Crippen LogP contribution in [0.3, 0.4) is 0 Å². The minimum absolute atomic E-state index is 0.612. The number of benzene rings is 2. The Balaban J connectivity index is 1.58. The second-order valence-corrected chi connectivity index (χ2v) is 9.68. The predicted octanol–water partition coefficient (Wildman–Crippen LogP) is 6.53. The smallest absolute Gasteiger partial charge is 0.157 e. The van der Waals surface area contributed by atoms with Crippen molar-refractivity contribution in [1.29, 1.82) is 0 Å². The quantitative estimate of drug-likeness (QED) is 0.307. The second kappa shape index (κ2) is 9.78. The molecule has 2 aromatic carbocycles. The van der Waals surface area contributed by atoms with E-state index >= 15 is 0 Å². The van der Waals surface area contributed by atoms with Gasteiger partial charge in [0.25, 0.3) is 0 Å². The number of rotatable bonds is 6. The molecule has 0 radical (unpaired) electrons. The van der Waals surface area contributed by atoms with E-state index < -0.39 is 0 Å². The van der Waals surface area contributed by atoms with Crippen molar-refractivity contribution in [1.82, 2.24) is 19.4 Å². The first kappa shape index (κ1) is 22.9. The van der Waals surface area contributed by atoms with E-state index in [1.807, 2.05) is 32.0 Å². The maximum atomic E-state index is 6.20. The number of hydrogen-bond acceptors (Lipinski definition) is 7. The first-order chi connectivity index (χ1) is 16.5. The summed E-state index contributed by atoms with van der Waals surface area (Å²) in [6.45, 7) is 6.39. The van der Waals surface area contributed by atoms with Crippen LogP contribution in [0, 0.1) is 13.8 Å². The van der Waals surface area contributed by atoms with Gasteiger partial charge in [0, 0.05) is 35.6 Å². The molecular weight excluding hydrogens is 466 g/mol. The van der Waals surface area contributed by atoms with E-state index in [1.165, 1.54) is 5.57 Å². The van der Waals surface area contributed by atoms with E-state index in [1.54, 1.807) is 11.9 Å². The fourth-order valence-electron chi connectivity index (χ4n) is 4.31. The molecule has 0 saturated carbocycles. The van der Waals surface area contributed by atoms with Crippen molar-refractivity contribution in [2.45, 2.75) is 26.8 Å². The highest BCUT2D eigenvalue weighted by Crippen LogP contribution is 2.33. The molecule has 4 aromatic rings. The van der Waals surface area contributed by atoms with Crippen molar-refractivity contribution < 1.29 is 4.52 Å². The Morgan fingerprint density at radius 1 is 1.15 bits per heavy atom. The fourth-order valence-corrected chi connectivity index (χ4v) is 5.02. The van der Waals surface area contributed by atoms with Crippen LogP contribution in [0.25, 0.3) is 27.6 Å². The Kier molecular flexibility index (Phi) is 6.59. The monoisotopic (exact) mass is 491 g/mol. The van der Waals surface area contributed by atoms with Crippen LogP contribution in [-0.2, 0) is 6.54 Å². The van der Waals surface area contributed by atoms with Crippen molar-refractivity contribution in [2.24, 2.45) is 0 Å². The standard InChI is InChI=1S/C26H26ClN5OS/c1-16-24(17(2)33-31-16)20-7-8-23-22(14-20)26(28-15-18-5-4-6-21(27)13-18)30-25(29-23)19-9-11-32(34-3)12-10-19/h4-9,13-14H,10-12,15H2,1-3H3,(H,28,29,30). The first-order valence-electron chi connectivity index (χ1n) is 11.2. The van der Waals surface area contributed by atoms with Gasteiger partial charge in [-0.25, -0.2) is 14.3 Å². The lowest BCUT2D eigenvalue weighted by Gasteiger charge is -2.23. The van der Waals surface area contributed by atoms with Crippen molar-refractivity contribution in [2.75, 3.05) is 24.7 Å². The molecule has 2 aromatic heterocycles. The van der Waals surface area contributed by atoms with Crippen molar-refractivity contribution in [3.8, 4) is 11.1 Å². The van der Waals surface area contributed by atoms with Crippen LogP contribution in [0.5, 0.6) is 0 Å². The van der Waals surface area contributed by atoms with Gasteiger partial charge < -0.3 is 9.84 Å². The Hall–Kier alpha value is -2.87. The first-order valence-corrected chi connectivity index (χ1v) is 12.8. The maximum absolute atomic E-state index is 6.20. The Bertz CT molecular complexity index is 1360. The molecular formula is C26H26ClN5OS. The Labute approximate surface area is 208 Å². The summed E-state index contributed by atoms with van der Waals surface area (Å²) in [7, 11) is 0. The van der Waals surface area contributed by atoms with Gasteiger partial charge in [0.15, 0.2) is 5.82 Å². The van der Waals surface area contributed by atoms with Gasteiger partial charge in [-0.1, -0.05) is 53.0 Å². The van der Waals surface area contributed by atoms with Crippen LogP contribution in [-0.4, -0.2) is 38.8 Å². The van der Waals surface area contributed by atoms with Gasteiger partial charge in [0.2, 0.25) is 0 Å². The molecule has 8 heteroatoms. The van der Waals surface area contributed by atoms with Crippen molar-refractivity contribution in [3.63, 3.8) is 0 Å². The highest BCUT2D eigenvalue weighted by molar-refractivity contribution is 7.96. The van der Waals surface area contributed by atoms with Crippen LogP contribution in [0.1, 0.15) is 29.3 Å². The third-order valence-electron chi connectivity index (χ3n) is 6.08. The summed E-state index contributed by atoms with van der Waals surface area (Å²) < 4.78 is 7.73. The van der Waals surface area contributed by atoms with Gasteiger partial charge in [0.05, 0.1) is 11.2 Å². The zero-order valence-electron chi connectivity index (χ0n) is 19.4. The molecule has 34 heavy (non-hydrogen) atoms. The number of halogens is 1. The zero-order valence-corrected chi connectivity index (χ0v) is 21.0. The molecule has 6 nitrogen and oxygen atoms in total. The molecule has 5 rings (SSSR count). The van der Waals surface area contributed by atoms with Gasteiger partial charge in [-0.15, -0.1) is 0 Å². The molecule has 1 aliphatic rings. The van der Waals surface area contributed by atoms with E-state index in [-0.39, 0.29) is 0 Å². The minimum Gasteiger partial charge on any atom is -0.365 e. The zero-order chi connectivity index (χ0) is 23.7. The SMILES string of the molecule is CSN1CC=C(c2nc(NCc3cccc(Cl)c3)c3cc(-c4c(C)noc4C)ccc3n2)CC1. The van der Waals surface area contributed by atoms with E-state index in [4.69, 9.17) is 26.1 Å². The molecule has 0 atom stereocenters. The lowest BCUT2D eigenvalue weighted by molar-refractivity contribution is 0.393. The molecule has 0 saturated heterocycles. The van der Waals surface area contributed by atoms with Gasteiger partial charge in [-0.2, -0.15) is 0 Å². The Morgan fingerprint density at radius 2 is 2.03 bits per heavy atom. The van der Waals surface area contributed by atoms with E-state index in [0.717, 1.165) is 75.2 Å². The van der Waals surface area contributed by atoms with E-state index in [0.29, 0.717) is 6.54 Å². The van der Waals surface area contributed by atoms with Crippen LogP contribution >= 0.6 is 23.5 Å². The largest absolute Gasteiger partial charge is 0.365 e. The Morgan fingerprint density at radius 3 is 2.74 bits per heavy atom. The molecule has 0 amide bonds. The number of hydrogen-bond donors (Lipinski definition) is 1. The molecule has 174 valence electrons. The molecule has 0 unspecified atom stereocenters. The van der Waals surface area contributed by atoms with Crippen LogP contribution in [0.2, 0.25) is 5.02 Å². The molecule has 0 aliphatic carbocycles. The third kappa shape index (κ3) is 4.69. The fraction of sp³-hybridized carbons (Fsp3) is 0.269. The number of aryl methyl sites for hydroxylation is 2. The molecule has 3 heterocycles. The van der Waals surface area contributed by atoms with Gasteiger partial charge in [-0.3, -0.25) is 0 Å². The average Bonchev–Trinajstić information content (AvgIpc) is 3.20.